The summed E-state index contributed by atoms with van der Waals surface area (Å²) in [6.07, 6.45) is 16.3. The third-order valence-corrected chi connectivity index (χ3v) is 22.7. The smallest absolute Gasteiger partial charge is 0.408 e. The van der Waals surface area contributed by atoms with E-state index < -0.39 is 76.2 Å². The minimum absolute atomic E-state index is 0.00254. The predicted octanol–water partition coefficient (Wildman–Crippen LogP) is 12.0. The quantitative estimate of drug-likeness (QED) is 0.109. The molecule has 0 radical (unpaired) electrons. The van der Waals surface area contributed by atoms with Gasteiger partial charge in [-0.1, -0.05) is 121 Å². The molecule has 0 unspecified atom stereocenters. The van der Waals surface area contributed by atoms with Crippen LogP contribution in [0.15, 0.2) is 0 Å². The fraction of sp³-hybridized carbons (Fsp3) is 0.877. The zero-order valence-corrected chi connectivity index (χ0v) is 53.0. The van der Waals surface area contributed by atoms with Gasteiger partial charge in [-0.15, -0.1) is 0 Å². The highest BCUT2D eigenvalue weighted by Gasteiger charge is 2.86. The van der Waals surface area contributed by atoms with Crippen molar-refractivity contribution < 1.29 is 57.7 Å². The Hall–Kier alpha value is -4.24. The number of amides is 4. The van der Waals surface area contributed by atoms with Crippen molar-refractivity contribution in [3.05, 3.63) is 0 Å². The Balaban J connectivity index is 0.000000234. The average Bonchev–Trinajstić information content (AvgIpc) is 2.52. The second-order valence-electron chi connectivity index (χ2n) is 31.7. The van der Waals surface area contributed by atoms with Gasteiger partial charge in [0.15, 0.2) is 11.6 Å². The van der Waals surface area contributed by atoms with Crippen molar-refractivity contribution in [2.24, 2.45) is 67.0 Å². The average molecular weight is 1140 g/mol. The molecule has 81 heavy (non-hydrogen) atoms. The van der Waals surface area contributed by atoms with Crippen LogP contribution in [0.3, 0.4) is 0 Å². The van der Waals surface area contributed by atoms with E-state index >= 15 is 0 Å². The van der Waals surface area contributed by atoms with Crippen LogP contribution in [0.4, 0.5) is 9.59 Å². The maximum absolute atomic E-state index is 14.5. The highest BCUT2D eigenvalue weighted by Crippen LogP contribution is 2.89. The van der Waals surface area contributed by atoms with Crippen LogP contribution in [0, 0.1) is 67.0 Å². The summed E-state index contributed by atoms with van der Waals surface area (Å²) in [6.45, 7) is 32.5. The number of carbonyl (C=O) groups excluding carboxylic acids is 7. The van der Waals surface area contributed by atoms with Crippen molar-refractivity contribution in [2.75, 3.05) is 20.2 Å². The van der Waals surface area contributed by atoms with Crippen molar-refractivity contribution in [1.29, 1.82) is 0 Å². The number of fused-ring (bicyclic) bond motifs is 2. The summed E-state index contributed by atoms with van der Waals surface area (Å²) in [4.78, 5) is 111. The van der Waals surface area contributed by atoms with E-state index in [2.05, 4.69) is 38.3 Å². The normalized spacial score (nSPS) is 28.8. The number of aliphatic carboxylic acids is 1. The Morgan fingerprint density at radius 1 is 0.506 bits per heavy atom. The molecule has 6 aliphatic carbocycles. The monoisotopic (exact) mass is 1130 g/mol. The number of ketones is 2. The molecule has 8 atom stereocenters. The van der Waals surface area contributed by atoms with Crippen LogP contribution in [0.2, 0.25) is 0 Å². The Labute approximate surface area is 485 Å². The summed E-state index contributed by atoms with van der Waals surface area (Å²) in [6, 6.07) is -2.94. The molecule has 8 aliphatic rings. The van der Waals surface area contributed by atoms with Crippen molar-refractivity contribution in [2.45, 2.75) is 275 Å². The predicted molar refractivity (Wildman–Crippen MR) is 309 cm³/mol. The first-order valence-electron chi connectivity index (χ1n) is 31.2. The number of hydrogen-bond acceptors (Lipinski definition) is 11. The first-order valence-corrected chi connectivity index (χ1v) is 31.2. The number of Topliss-reactive ketones (excluding diaryl/α,β-unsaturated/α-hetero) is 2. The lowest BCUT2D eigenvalue weighted by molar-refractivity contribution is -0.154. The van der Waals surface area contributed by atoms with Crippen molar-refractivity contribution in [3.8, 4) is 0 Å². The molecule has 6 saturated carbocycles. The van der Waals surface area contributed by atoms with E-state index in [-0.39, 0.29) is 86.5 Å². The van der Waals surface area contributed by atoms with Gasteiger partial charge in [0.25, 0.3) is 0 Å². The highest BCUT2D eigenvalue weighted by molar-refractivity contribution is 5.95. The number of hydrogen-bond donors (Lipinski definition) is 3. The molecule has 4 amide bonds. The number of nitrogens with one attached hydrogen (secondary N) is 2. The van der Waals surface area contributed by atoms with E-state index in [1.54, 1.807) is 51.3 Å². The van der Waals surface area contributed by atoms with Gasteiger partial charge in [0.1, 0.15) is 23.3 Å². The molecule has 2 aliphatic heterocycles. The summed E-state index contributed by atoms with van der Waals surface area (Å²) in [7, 11) is 1.38. The van der Waals surface area contributed by atoms with Gasteiger partial charge in [0, 0.05) is 48.6 Å². The molecule has 458 valence electrons. The van der Waals surface area contributed by atoms with Gasteiger partial charge in [-0.3, -0.25) is 19.2 Å². The van der Waals surface area contributed by atoms with Crippen molar-refractivity contribution >= 4 is 47.5 Å². The lowest BCUT2D eigenvalue weighted by Gasteiger charge is -2.37. The molecule has 3 N–H and O–H groups in total. The van der Waals surface area contributed by atoms with Gasteiger partial charge in [0.2, 0.25) is 11.8 Å². The first kappa shape index (κ1) is 64.3. The molecule has 4 spiro atoms. The molecule has 16 nitrogen and oxygen atoms in total. The largest absolute Gasteiger partial charge is 0.480 e. The van der Waals surface area contributed by atoms with E-state index in [4.69, 9.17) is 14.2 Å². The summed E-state index contributed by atoms with van der Waals surface area (Å²) in [5, 5.41) is 16.0. The van der Waals surface area contributed by atoms with Crippen LogP contribution in [0.25, 0.3) is 0 Å². The van der Waals surface area contributed by atoms with Crippen LogP contribution in [-0.4, -0.2) is 118 Å². The van der Waals surface area contributed by atoms with Crippen LogP contribution in [0.5, 0.6) is 0 Å². The van der Waals surface area contributed by atoms with Crippen LogP contribution in [0.1, 0.15) is 239 Å². The Morgan fingerprint density at radius 3 is 1.11 bits per heavy atom. The SMILES string of the molecule is CC(C)(C)OC(=O)N[C@H](C(=O)C[C@H](C(=O)N1C[C@]2(C[C@H]1C(=O)O)C(C)(C)C21CCC1)C(C)(C)C)C1CCCCC1.COC(=O)[C@@H]1C[C@@]2(CN1C(=O)[C@@H](CC(=O)[C@@H](NC(=O)OC(C)(C)C)C1CCCCC1)C(C)(C)C)C(C)(C)C21CCC1. The van der Waals surface area contributed by atoms with E-state index in [0.29, 0.717) is 25.9 Å². The lowest BCUT2D eigenvalue weighted by atomic mass is 9.73. The third kappa shape index (κ3) is 11.9. The van der Waals surface area contributed by atoms with E-state index in [1.807, 2.05) is 41.5 Å². The van der Waals surface area contributed by atoms with Crippen LogP contribution in [-0.2, 0) is 43.0 Å². The molecular weight excluding hydrogens is 1030 g/mol. The summed E-state index contributed by atoms with van der Waals surface area (Å²) in [5.74, 6) is -3.37. The zero-order valence-electron chi connectivity index (χ0n) is 53.0. The van der Waals surface area contributed by atoms with Gasteiger partial charge in [-0.2, -0.15) is 0 Å². The lowest BCUT2D eigenvalue weighted by Crippen LogP contribution is -2.51. The molecular formula is C65H106N4O12. The second kappa shape index (κ2) is 22.6. The van der Waals surface area contributed by atoms with Crippen LogP contribution < -0.4 is 10.6 Å². The molecule has 2 saturated heterocycles. The fourth-order valence-electron chi connectivity index (χ4n) is 17.5. The number of esters is 1. The number of alkyl carbamates (subject to hydrolysis) is 2. The minimum atomic E-state index is -0.965. The summed E-state index contributed by atoms with van der Waals surface area (Å²) >= 11 is 0. The molecule has 16 heteroatoms. The van der Waals surface area contributed by atoms with Crippen molar-refractivity contribution in [3.63, 3.8) is 0 Å². The van der Waals surface area contributed by atoms with Gasteiger partial charge in [0.05, 0.1) is 19.2 Å². The third-order valence-electron chi connectivity index (χ3n) is 22.7. The van der Waals surface area contributed by atoms with Gasteiger partial charge in [-0.05, 0) is 150 Å². The molecule has 0 aromatic carbocycles. The molecule has 8 fully saturated rings. The number of carboxylic acid groups (broad SMARTS) is 1. The standard InChI is InChI=1S/C33H54N2O6.C32H52N2O6/c1-29(2,3)22(18-24(36)25(21-14-11-10-12-15-21)34-28(39)41-30(4,5)6)26(37)35-20-33(19-23(35)27(38)40-9)31(7,8)32(33)16-13-17-32;1-28(2,3)21(17-23(35)24(20-13-10-9-11-14-20)33-27(39)40-29(4,5)6)25(36)34-19-32(18-22(34)26(37)38)30(7,8)31(32)15-12-16-31/h21-23,25H,10-20H2,1-9H3,(H,34,39);20-22,24H,9-19H2,1-8H3,(H,33,39)(H,37,38)/t22-,23+,25+,33-;21-,22+,24+,32-/m11/s1. The minimum Gasteiger partial charge on any atom is -0.480 e. The van der Waals surface area contributed by atoms with Gasteiger partial charge < -0.3 is 39.8 Å². The number of carbonyl (C=O) groups is 8. The summed E-state index contributed by atoms with van der Waals surface area (Å²) in [5.41, 5.74) is -2.39. The second-order valence-corrected chi connectivity index (χ2v) is 31.7. The number of rotatable bonds is 14. The van der Waals surface area contributed by atoms with Crippen molar-refractivity contribution in [1.82, 2.24) is 20.4 Å². The molecule has 0 aromatic rings. The molecule has 2 heterocycles. The number of carboxylic acids is 1. The maximum atomic E-state index is 14.5. The Bertz CT molecular complexity index is 2400. The Morgan fingerprint density at radius 2 is 0.840 bits per heavy atom. The van der Waals surface area contributed by atoms with E-state index in [1.165, 1.54) is 13.5 Å². The number of nitrogens with zero attached hydrogens (tertiary/aromatic N) is 2. The fourth-order valence-corrected chi connectivity index (χ4v) is 17.5. The maximum Gasteiger partial charge on any atom is 0.408 e. The summed E-state index contributed by atoms with van der Waals surface area (Å²) < 4.78 is 16.2. The van der Waals surface area contributed by atoms with E-state index in [9.17, 15) is 43.5 Å². The number of methoxy groups -OCH3 is 1. The van der Waals surface area contributed by atoms with Crippen LogP contribution >= 0.6 is 0 Å². The number of likely N-dealkylation sites (tertiary alicyclic amines) is 2. The first-order chi connectivity index (χ1) is 37.3. The Kier molecular flexibility index (Phi) is 18.0. The highest BCUT2D eigenvalue weighted by atomic mass is 16.6. The number of ether oxygens (including phenoxy) is 3. The van der Waals surface area contributed by atoms with E-state index in [0.717, 1.165) is 96.3 Å². The van der Waals surface area contributed by atoms with Gasteiger partial charge in [-0.25, -0.2) is 19.2 Å². The molecule has 0 aromatic heterocycles. The topological polar surface area (TPSA) is 215 Å². The molecule has 8 rings (SSSR count). The molecule has 0 bridgehead atoms. The van der Waals surface area contributed by atoms with Gasteiger partial charge >= 0.3 is 24.1 Å². The zero-order chi connectivity index (χ0) is 60.5.